The number of aliphatic carboxylic acids is 1. The Hall–Kier alpha value is -2.54. The van der Waals surface area contributed by atoms with Gasteiger partial charge in [0.25, 0.3) is 0 Å². The Morgan fingerprint density at radius 3 is 2.94 bits per heavy atom. The molecule has 2 aliphatic heterocycles. The van der Waals surface area contributed by atoms with Crippen LogP contribution in [0.25, 0.3) is 0 Å². The molecule has 0 radical (unpaired) electrons. The van der Waals surface area contributed by atoms with Gasteiger partial charge in [-0.2, -0.15) is 0 Å². The Morgan fingerprint density at radius 1 is 1.24 bits per heavy atom. The maximum Gasteiger partial charge on any atom is 0.325 e. The van der Waals surface area contributed by atoms with E-state index < -0.39 is 18.2 Å². The fourth-order valence-electron chi connectivity index (χ4n) is 5.58. The molecular weight excluding hydrogens is 431 g/mol. The summed E-state index contributed by atoms with van der Waals surface area (Å²) in [5.41, 5.74) is 4.07. The van der Waals surface area contributed by atoms with E-state index in [4.69, 9.17) is 4.98 Å². The van der Waals surface area contributed by atoms with Gasteiger partial charge < -0.3 is 10.4 Å². The summed E-state index contributed by atoms with van der Waals surface area (Å²) in [7, 11) is 0. The lowest BCUT2D eigenvalue weighted by atomic mass is 9.97. The third kappa shape index (κ3) is 5.24. The van der Waals surface area contributed by atoms with Gasteiger partial charge in [0.1, 0.15) is 18.0 Å². The van der Waals surface area contributed by atoms with Gasteiger partial charge in [0, 0.05) is 48.1 Å². The van der Waals surface area contributed by atoms with Crippen LogP contribution in [0.3, 0.4) is 0 Å². The fourth-order valence-corrected chi connectivity index (χ4v) is 5.58. The van der Waals surface area contributed by atoms with Crippen molar-refractivity contribution in [3.63, 3.8) is 0 Å². The molecule has 0 amide bonds. The standard InChI is InChI=1S/C27H35FN4O2/c28-23(8-2-1-6-21-12-11-19-5-3-15-30-26(19)31-21)20-13-16-32(17-20)25(27(33)34)22-7-4-14-29-24(22)18-9-10-18/h4,7,11-12,14,18,20,23,25H,1-3,5-6,8-10,13,15-17H2,(H,30,31)(H,33,34)/t20-,23+,25+/m1/s1. The molecule has 1 saturated heterocycles. The molecule has 3 aliphatic rings. The van der Waals surface area contributed by atoms with E-state index in [0.29, 0.717) is 31.8 Å². The molecule has 6 nitrogen and oxygen atoms in total. The molecule has 0 spiro atoms. The van der Waals surface area contributed by atoms with Crippen molar-refractivity contribution in [2.75, 3.05) is 25.0 Å². The molecule has 182 valence electrons. The number of carboxylic acid groups (broad SMARTS) is 1. The van der Waals surface area contributed by atoms with Gasteiger partial charge in [-0.05, 0) is 75.6 Å². The molecule has 3 atom stereocenters. The zero-order valence-corrected chi connectivity index (χ0v) is 19.8. The molecule has 0 bridgehead atoms. The zero-order chi connectivity index (χ0) is 23.5. The van der Waals surface area contributed by atoms with Crippen LogP contribution < -0.4 is 5.32 Å². The second-order valence-electron chi connectivity index (χ2n) is 10.1. The lowest BCUT2D eigenvalue weighted by Crippen LogP contribution is -2.34. The van der Waals surface area contributed by atoms with Gasteiger partial charge in [0.15, 0.2) is 0 Å². The van der Waals surface area contributed by atoms with Crippen molar-refractivity contribution in [1.82, 2.24) is 14.9 Å². The van der Waals surface area contributed by atoms with Crippen LogP contribution in [0.15, 0.2) is 30.5 Å². The van der Waals surface area contributed by atoms with E-state index in [1.807, 2.05) is 17.0 Å². The molecule has 1 aliphatic carbocycles. The Balaban J connectivity index is 1.12. The first-order chi connectivity index (χ1) is 16.6. The Labute approximate surface area is 201 Å². The molecule has 2 fully saturated rings. The van der Waals surface area contributed by atoms with Crippen molar-refractivity contribution in [3.05, 3.63) is 53.0 Å². The van der Waals surface area contributed by atoms with Gasteiger partial charge >= 0.3 is 5.97 Å². The lowest BCUT2D eigenvalue weighted by molar-refractivity contribution is -0.143. The van der Waals surface area contributed by atoms with Gasteiger partial charge in [-0.15, -0.1) is 0 Å². The van der Waals surface area contributed by atoms with Crippen LogP contribution in [0.1, 0.15) is 79.4 Å². The minimum atomic E-state index is -0.894. The minimum absolute atomic E-state index is 0.103. The number of likely N-dealkylation sites (tertiary alicyclic amines) is 1. The highest BCUT2D eigenvalue weighted by atomic mass is 19.1. The molecule has 4 heterocycles. The maximum atomic E-state index is 15.1. The minimum Gasteiger partial charge on any atom is -0.480 e. The van der Waals surface area contributed by atoms with Crippen LogP contribution in [0.4, 0.5) is 10.2 Å². The van der Waals surface area contributed by atoms with Gasteiger partial charge in [-0.1, -0.05) is 18.6 Å². The molecule has 2 aromatic rings. The van der Waals surface area contributed by atoms with E-state index in [1.165, 1.54) is 5.56 Å². The number of fused-ring (bicyclic) bond motifs is 1. The molecular formula is C27H35FN4O2. The molecule has 5 rings (SSSR count). The van der Waals surface area contributed by atoms with Gasteiger partial charge in [-0.3, -0.25) is 14.7 Å². The summed E-state index contributed by atoms with van der Waals surface area (Å²) >= 11 is 0. The third-order valence-electron chi connectivity index (χ3n) is 7.61. The summed E-state index contributed by atoms with van der Waals surface area (Å²) in [5.74, 6) is 0.433. The topological polar surface area (TPSA) is 78.3 Å². The van der Waals surface area contributed by atoms with Crippen molar-refractivity contribution < 1.29 is 14.3 Å². The number of halogens is 1. The van der Waals surface area contributed by atoms with Crippen LogP contribution in [0.5, 0.6) is 0 Å². The average Bonchev–Trinajstić information content (AvgIpc) is 3.59. The first-order valence-electron chi connectivity index (χ1n) is 12.9. The fraction of sp³-hybridized carbons (Fsp3) is 0.593. The highest BCUT2D eigenvalue weighted by molar-refractivity contribution is 5.76. The highest BCUT2D eigenvalue weighted by Gasteiger charge is 2.39. The first-order valence-corrected chi connectivity index (χ1v) is 12.9. The van der Waals surface area contributed by atoms with Gasteiger partial charge in [0.05, 0.1) is 0 Å². The molecule has 7 heteroatoms. The van der Waals surface area contributed by atoms with E-state index >= 15 is 4.39 Å². The van der Waals surface area contributed by atoms with E-state index in [1.54, 1.807) is 6.20 Å². The summed E-state index contributed by atoms with van der Waals surface area (Å²) in [4.78, 5) is 23.4. The van der Waals surface area contributed by atoms with E-state index in [0.717, 1.165) is 74.3 Å². The number of anilines is 1. The monoisotopic (exact) mass is 466 g/mol. The summed E-state index contributed by atoms with van der Waals surface area (Å²) in [6.45, 7) is 2.10. The third-order valence-corrected chi connectivity index (χ3v) is 7.61. The molecule has 1 saturated carbocycles. The van der Waals surface area contributed by atoms with Crippen LogP contribution >= 0.6 is 0 Å². The van der Waals surface area contributed by atoms with Crippen LogP contribution in [0, 0.1) is 5.92 Å². The Bertz CT molecular complexity index is 1010. The number of rotatable bonds is 10. The number of nitrogens with zero attached hydrogens (tertiary/aromatic N) is 3. The number of hydrogen-bond acceptors (Lipinski definition) is 5. The van der Waals surface area contributed by atoms with E-state index in [-0.39, 0.29) is 5.92 Å². The summed E-state index contributed by atoms with van der Waals surface area (Å²) in [6, 6.07) is 7.25. The zero-order valence-electron chi connectivity index (χ0n) is 19.8. The van der Waals surface area contributed by atoms with Crippen LogP contribution in [0.2, 0.25) is 0 Å². The maximum absolute atomic E-state index is 15.1. The first kappa shape index (κ1) is 23.2. The largest absolute Gasteiger partial charge is 0.480 e. The van der Waals surface area contributed by atoms with Gasteiger partial charge in [-0.25, -0.2) is 9.37 Å². The predicted octanol–water partition coefficient (Wildman–Crippen LogP) is 4.91. The number of hydrogen-bond donors (Lipinski definition) is 2. The normalized spacial score (nSPS) is 22.1. The highest BCUT2D eigenvalue weighted by Crippen LogP contribution is 2.43. The van der Waals surface area contributed by atoms with Crippen molar-refractivity contribution in [1.29, 1.82) is 0 Å². The number of carbonyl (C=O) groups is 1. The SMILES string of the molecule is O=C(O)[C@H](c1cccnc1C1CC1)N1CC[C@@H]([C@@H](F)CCCCc2ccc3c(n2)NCCC3)C1. The van der Waals surface area contributed by atoms with E-state index in [9.17, 15) is 9.90 Å². The summed E-state index contributed by atoms with van der Waals surface area (Å²) in [6.07, 6.45) is 9.08. The van der Waals surface area contributed by atoms with Crippen molar-refractivity contribution in [3.8, 4) is 0 Å². The number of carboxylic acids is 1. The number of alkyl halides is 1. The Morgan fingerprint density at radius 2 is 2.12 bits per heavy atom. The van der Waals surface area contributed by atoms with Crippen molar-refractivity contribution >= 4 is 11.8 Å². The van der Waals surface area contributed by atoms with Crippen molar-refractivity contribution in [2.24, 2.45) is 5.92 Å². The molecule has 2 N–H and O–H groups in total. The number of unbranched alkanes of at least 4 members (excludes halogenated alkanes) is 1. The number of pyridine rings is 2. The smallest absolute Gasteiger partial charge is 0.325 e. The van der Waals surface area contributed by atoms with Crippen LogP contribution in [-0.4, -0.2) is 51.7 Å². The number of aromatic nitrogens is 2. The van der Waals surface area contributed by atoms with Gasteiger partial charge in [0.2, 0.25) is 0 Å². The average molecular weight is 467 g/mol. The second-order valence-corrected chi connectivity index (χ2v) is 10.1. The number of aryl methyl sites for hydroxylation is 2. The molecule has 0 unspecified atom stereocenters. The quantitative estimate of drug-likeness (QED) is 0.485. The summed E-state index contributed by atoms with van der Waals surface area (Å²) < 4.78 is 15.1. The predicted molar refractivity (Wildman–Crippen MR) is 130 cm³/mol. The van der Waals surface area contributed by atoms with Crippen molar-refractivity contribution in [2.45, 2.75) is 75.9 Å². The molecule has 2 aromatic heterocycles. The summed E-state index contributed by atoms with van der Waals surface area (Å²) in [5, 5.41) is 13.4. The molecule has 34 heavy (non-hydrogen) atoms. The van der Waals surface area contributed by atoms with Crippen LogP contribution in [-0.2, 0) is 17.6 Å². The van der Waals surface area contributed by atoms with E-state index in [2.05, 4.69) is 22.4 Å². The number of nitrogens with one attached hydrogen (secondary N) is 1. The second kappa shape index (κ2) is 10.4. The Kier molecular flexibility index (Phi) is 7.09. The lowest BCUT2D eigenvalue weighted by Gasteiger charge is -2.26. The molecule has 0 aromatic carbocycles.